The van der Waals surface area contributed by atoms with Crippen molar-refractivity contribution >= 4 is 39.9 Å². The van der Waals surface area contributed by atoms with Crippen LogP contribution in [0.4, 0.5) is 5.95 Å². The predicted octanol–water partition coefficient (Wildman–Crippen LogP) is 5.02. The second-order valence-electron chi connectivity index (χ2n) is 8.12. The Morgan fingerprint density at radius 1 is 0.973 bits per heavy atom. The van der Waals surface area contributed by atoms with Gasteiger partial charge in [0.05, 0.1) is 30.7 Å². The van der Waals surface area contributed by atoms with Gasteiger partial charge in [-0.25, -0.2) is 9.97 Å². The molecule has 0 atom stereocenters. The van der Waals surface area contributed by atoms with Crippen molar-refractivity contribution in [2.75, 3.05) is 18.9 Å². The summed E-state index contributed by atoms with van der Waals surface area (Å²) in [6.07, 6.45) is 2.19. The molecule has 0 saturated heterocycles. The van der Waals surface area contributed by atoms with E-state index < -0.39 is 0 Å². The summed E-state index contributed by atoms with van der Waals surface area (Å²) in [6, 6.07) is 21.3. The van der Waals surface area contributed by atoms with E-state index in [-0.39, 0.29) is 11.5 Å². The quantitative estimate of drug-likeness (QED) is 0.144. The zero-order chi connectivity index (χ0) is 25.5. The van der Waals surface area contributed by atoms with Gasteiger partial charge in [-0.15, -0.1) is 11.3 Å². The fraction of sp³-hybridized carbons (Fsp3) is 0.185. The summed E-state index contributed by atoms with van der Waals surface area (Å²) in [4.78, 5) is 27.4. The van der Waals surface area contributed by atoms with Gasteiger partial charge in [-0.1, -0.05) is 48.2 Å². The molecule has 188 valence electrons. The van der Waals surface area contributed by atoms with Crippen LogP contribution >= 0.6 is 23.1 Å². The first-order valence-electron chi connectivity index (χ1n) is 11.7. The van der Waals surface area contributed by atoms with E-state index in [1.807, 2.05) is 47.8 Å². The molecule has 0 aliphatic carbocycles. The minimum absolute atomic E-state index is 0.0795. The first-order chi connectivity index (χ1) is 18.2. The number of ether oxygens (including phenoxy) is 2. The summed E-state index contributed by atoms with van der Waals surface area (Å²) >= 11 is 3.19. The van der Waals surface area contributed by atoms with Crippen LogP contribution in [0.1, 0.15) is 16.9 Å². The van der Waals surface area contributed by atoms with Gasteiger partial charge in [-0.05, 0) is 35.2 Å². The van der Waals surface area contributed by atoms with Gasteiger partial charge >= 0.3 is 0 Å². The summed E-state index contributed by atoms with van der Waals surface area (Å²) in [7, 11) is 0. The molecule has 0 aliphatic heterocycles. The Balaban J connectivity index is 1.31. The third-order valence-electron chi connectivity index (χ3n) is 5.45. The van der Waals surface area contributed by atoms with Gasteiger partial charge in [0.25, 0.3) is 5.56 Å². The molecule has 0 bridgehead atoms. The number of nitrogen functional groups attached to an aromatic ring is 1. The SMILES string of the molecule is Nc1nccc(OCCCOc2ccc3nc(SCc4ccccc4)n(Cc4cccs4)c(=O)c3c2)n1. The molecule has 5 aromatic rings. The first-order valence-corrected chi connectivity index (χ1v) is 13.6. The average molecular weight is 532 g/mol. The number of aromatic nitrogens is 4. The summed E-state index contributed by atoms with van der Waals surface area (Å²) in [6.45, 7) is 1.32. The minimum atomic E-state index is -0.0795. The smallest absolute Gasteiger partial charge is 0.262 e. The molecule has 0 aliphatic rings. The molecule has 2 N–H and O–H groups in total. The van der Waals surface area contributed by atoms with Gasteiger partial charge in [-0.2, -0.15) is 4.98 Å². The van der Waals surface area contributed by atoms with Crippen molar-refractivity contribution in [2.24, 2.45) is 0 Å². The number of anilines is 1. The van der Waals surface area contributed by atoms with Crippen molar-refractivity contribution in [1.29, 1.82) is 0 Å². The summed E-state index contributed by atoms with van der Waals surface area (Å²) < 4.78 is 13.2. The molecule has 3 heterocycles. The number of nitrogens with zero attached hydrogens (tertiary/aromatic N) is 4. The molecule has 10 heteroatoms. The van der Waals surface area contributed by atoms with Crippen LogP contribution in [0.2, 0.25) is 0 Å². The molecule has 5 rings (SSSR count). The van der Waals surface area contributed by atoms with Crippen molar-refractivity contribution in [3.63, 3.8) is 0 Å². The Hall–Kier alpha value is -3.89. The van der Waals surface area contributed by atoms with Crippen LogP contribution in [0.5, 0.6) is 11.6 Å². The molecular formula is C27H25N5O3S2. The molecule has 2 aromatic carbocycles. The summed E-state index contributed by atoms with van der Waals surface area (Å²) in [5.41, 5.74) is 7.32. The topological polar surface area (TPSA) is 105 Å². The molecule has 0 spiro atoms. The fourth-order valence-corrected chi connectivity index (χ4v) is 5.31. The Kier molecular flexibility index (Phi) is 7.97. The zero-order valence-electron chi connectivity index (χ0n) is 19.9. The minimum Gasteiger partial charge on any atom is -0.493 e. The number of nitrogens with two attached hydrogens (primary N) is 1. The largest absolute Gasteiger partial charge is 0.493 e. The van der Waals surface area contributed by atoms with Crippen molar-refractivity contribution in [3.05, 3.63) is 99.1 Å². The van der Waals surface area contributed by atoms with Gasteiger partial charge in [0.2, 0.25) is 11.8 Å². The number of hydrogen-bond acceptors (Lipinski definition) is 9. The molecule has 0 radical (unpaired) electrons. The molecular weight excluding hydrogens is 506 g/mol. The third kappa shape index (κ3) is 6.46. The van der Waals surface area contributed by atoms with Crippen molar-refractivity contribution < 1.29 is 9.47 Å². The van der Waals surface area contributed by atoms with Gasteiger partial charge in [0.1, 0.15) is 5.75 Å². The predicted molar refractivity (Wildman–Crippen MR) is 147 cm³/mol. The highest BCUT2D eigenvalue weighted by atomic mass is 32.2. The van der Waals surface area contributed by atoms with Crippen LogP contribution in [0.25, 0.3) is 10.9 Å². The molecule has 0 saturated carbocycles. The second kappa shape index (κ2) is 11.9. The number of rotatable bonds is 11. The maximum atomic E-state index is 13.6. The zero-order valence-corrected chi connectivity index (χ0v) is 21.6. The van der Waals surface area contributed by atoms with Gasteiger partial charge < -0.3 is 15.2 Å². The van der Waals surface area contributed by atoms with Gasteiger partial charge in [-0.3, -0.25) is 9.36 Å². The maximum absolute atomic E-state index is 13.6. The fourth-order valence-electron chi connectivity index (χ4n) is 3.66. The van der Waals surface area contributed by atoms with Gasteiger partial charge in [0.15, 0.2) is 5.16 Å². The number of benzene rings is 2. The van der Waals surface area contributed by atoms with Gasteiger partial charge in [0, 0.05) is 29.3 Å². The van der Waals surface area contributed by atoms with Crippen molar-refractivity contribution in [3.8, 4) is 11.6 Å². The van der Waals surface area contributed by atoms with E-state index in [9.17, 15) is 4.79 Å². The standard InChI is InChI=1S/C27H25N5O3S2/c28-26-29-12-11-24(31-26)35-14-5-13-34-20-9-10-23-22(16-20)25(33)32(17-21-8-4-15-36-21)27(30-23)37-18-19-6-2-1-3-7-19/h1-4,6-12,15-16H,5,13-14,17-18H2,(H2,28,29,31). The number of fused-ring (bicyclic) bond motifs is 1. The van der Waals surface area contributed by atoms with E-state index in [1.165, 1.54) is 5.56 Å². The average Bonchev–Trinajstić information content (AvgIpc) is 3.43. The van der Waals surface area contributed by atoms with Crippen LogP contribution in [-0.4, -0.2) is 32.7 Å². The van der Waals surface area contributed by atoms with Crippen LogP contribution in [-0.2, 0) is 12.3 Å². The Morgan fingerprint density at radius 3 is 2.65 bits per heavy atom. The van der Waals surface area contributed by atoms with E-state index in [0.29, 0.717) is 53.9 Å². The van der Waals surface area contributed by atoms with Crippen LogP contribution in [0.3, 0.4) is 0 Å². The van der Waals surface area contributed by atoms with E-state index in [0.717, 1.165) is 10.6 Å². The highest BCUT2D eigenvalue weighted by molar-refractivity contribution is 7.98. The van der Waals surface area contributed by atoms with Crippen LogP contribution < -0.4 is 20.8 Å². The lowest BCUT2D eigenvalue weighted by molar-refractivity contribution is 0.242. The summed E-state index contributed by atoms with van der Waals surface area (Å²) in [5.74, 6) is 1.94. The highest BCUT2D eigenvalue weighted by Crippen LogP contribution is 2.25. The maximum Gasteiger partial charge on any atom is 0.262 e. The van der Waals surface area contributed by atoms with Crippen LogP contribution in [0.15, 0.2) is 88.3 Å². The normalized spacial score (nSPS) is 11.0. The van der Waals surface area contributed by atoms with E-state index in [1.54, 1.807) is 46.0 Å². The Morgan fingerprint density at radius 2 is 1.84 bits per heavy atom. The molecule has 0 unspecified atom stereocenters. The molecule has 3 aromatic heterocycles. The lowest BCUT2D eigenvalue weighted by Gasteiger charge is -2.13. The molecule has 0 fully saturated rings. The Bertz CT molecular complexity index is 1520. The number of thiophene rings is 1. The monoisotopic (exact) mass is 531 g/mol. The van der Waals surface area contributed by atoms with Crippen LogP contribution in [0, 0.1) is 0 Å². The summed E-state index contributed by atoms with van der Waals surface area (Å²) in [5, 5.41) is 3.25. The lowest BCUT2D eigenvalue weighted by Crippen LogP contribution is -2.23. The molecule has 8 nitrogen and oxygen atoms in total. The Labute approximate surface area is 222 Å². The number of hydrogen-bond donors (Lipinski definition) is 1. The van der Waals surface area contributed by atoms with E-state index >= 15 is 0 Å². The first kappa shape index (κ1) is 24.8. The number of thioether (sulfide) groups is 1. The molecule has 0 amide bonds. The van der Waals surface area contributed by atoms with Crippen molar-refractivity contribution in [2.45, 2.75) is 23.9 Å². The van der Waals surface area contributed by atoms with Crippen molar-refractivity contribution in [1.82, 2.24) is 19.5 Å². The second-order valence-corrected chi connectivity index (χ2v) is 10.1. The third-order valence-corrected chi connectivity index (χ3v) is 7.36. The van der Waals surface area contributed by atoms with E-state index in [2.05, 4.69) is 22.1 Å². The molecule has 37 heavy (non-hydrogen) atoms. The highest BCUT2D eigenvalue weighted by Gasteiger charge is 2.14. The lowest BCUT2D eigenvalue weighted by atomic mass is 10.2. The van der Waals surface area contributed by atoms with E-state index in [4.69, 9.17) is 20.2 Å².